The highest BCUT2D eigenvalue weighted by atomic mass is 16.4. The second-order valence-corrected chi connectivity index (χ2v) is 4.30. The van der Waals surface area contributed by atoms with Crippen molar-refractivity contribution in [3.05, 3.63) is 50.6 Å². The van der Waals surface area contributed by atoms with Crippen molar-refractivity contribution < 1.29 is 60.0 Å². The van der Waals surface area contributed by atoms with Crippen LogP contribution in [-0.2, 0) is 19.2 Å². The van der Waals surface area contributed by atoms with Crippen LogP contribution in [0, 0.1) is 5.41 Å². The van der Waals surface area contributed by atoms with E-state index in [1.807, 2.05) is 0 Å². The van der Waals surface area contributed by atoms with Crippen LogP contribution in [0.3, 0.4) is 0 Å². The molecule has 12 heteroatoms. The van der Waals surface area contributed by atoms with Gasteiger partial charge in [0.15, 0.2) is 0 Å². The smallest absolute Gasteiger partial charge is 0.327 e. The number of carboxylic acids is 4. The first-order valence-electron chi connectivity index (χ1n) is 7.18. The van der Waals surface area contributed by atoms with Gasteiger partial charge < -0.3 is 40.9 Å². The van der Waals surface area contributed by atoms with Crippen LogP contribution in [0.5, 0.6) is 0 Å². The first-order chi connectivity index (χ1) is 13.3. The third kappa shape index (κ3) is 45.6. The molecule has 12 nitrogen and oxygen atoms in total. The molecule has 8 N–H and O–H groups in total. The zero-order chi connectivity index (χ0) is 24.5. The molecule has 0 bridgehead atoms. The Morgan fingerprint density at radius 1 is 0.517 bits per heavy atom. The van der Waals surface area contributed by atoms with E-state index in [4.69, 9.17) is 40.9 Å². The van der Waals surface area contributed by atoms with Gasteiger partial charge in [0.2, 0.25) is 0 Å². The van der Waals surface area contributed by atoms with E-state index in [9.17, 15) is 19.2 Å². The molecule has 0 saturated carbocycles. The van der Waals surface area contributed by atoms with E-state index in [2.05, 4.69) is 26.3 Å². The van der Waals surface area contributed by atoms with Gasteiger partial charge >= 0.3 is 23.9 Å². The summed E-state index contributed by atoms with van der Waals surface area (Å²) in [5, 5.41) is 64.4. The van der Waals surface area contributed by atoms with Crippen molar-refractivity contribution >= 4 is 23.9 Å². The maximum atomic E-state index is 9.25. The van der Waals surface area contributed by atoms with Crippen molar-refractivity contribution in [3.63, 3.8) is 0 Å². The lowest BCUT2D eigenvalue weighted by atomic mass is 9.93. The van der Waals surface area contributed by atoms with Crippen molar-refractivity contribution in [2.75, 3.05) is 26.4 Å². The van der Waals surface area contributed by atoms with Gasteiger partial charge in [-0.1, -0.05) is 26.3 Å². The predicted octanol–water partition coefficient (Wildman–Crippen LogP) is -1.03. The van der Waals surface area contributed by atoms with Crippen molar-refractivity contribution in [2.24, 2.45) is 5.41 Å². The number of aliphatic hydroxyl groups is 4. The molecule has 0 fully saturated rings. The number of carboxylic acid groups (broad SMARTS) is 4. The Morgan fingerprint density at radius 3 is 0.621 bits per heavy atom. The van der Waals surface area contributed by atoms with Crippen LogP contribution in [0.25, 0.3) is 0 Å². The molecule has 0 aliphatic heterocycles. The lowest BCUT2D eigenvalue weighted by molar-refractivity contribution is -0.132. The van der Waals surface area contributed by atoms with Crippen molar-refractivity contribution in [1.29, 1.82) is 0 Å². The van der Waals surface area contributed by atoms with E-state index in [-0.39, 0.29) is 0 Å². The highest BCUT2D eigenvalue weighted by Crippen LogP contribution is 2.11. The summed E-state index contributed by atoms with van der Waals surface area (Å²) < 4.78 is 0. The van der Waals surface area contributed by atoms with Crippen molar-refractivity contribution in [3.8, 4) is 0 Å². The summed E-state index contributed by atoms with van der Waals surface area (Å²) in [6.07, 6.45) is 3.33. The maximum absolute atomic E-state index is 9.25. The van der Waals surface area contributed by atoms with E-state index in [1.165, 1.54) is 0 Å². The number of rotatable bonds is 8. The fourth-order valence-corrected chi connectivity index (χ4v) is 0.300. The van der Waals surface area contributed by atoms with E-state index in [0.29, 0.717) is 0 Å². The lowest BCUT2D eigenvalue weighted by Gasteiger charge is -2.23. The molecule has 0 amide bonds. The fraction of sp³-hybridized carbons (Fsp3) is 0.294. The summed E-state index contributed by atoms with van der Waals surface area (Å²) in [6.45, 7) is 10.2. The van der Waals surface area contributed by atoms with Gasteiger partial charge in [-0.05, 0) is 0 Å². The Morgan fingerprint density at radius 2 is 0.621 bits per heavy atom. The Labute approximate surface area is 167 Å². The normalized spacial score (nSPS) is 8.14. The topological polar surface area (TPSA) is 230 Å². The minimum Gasteiger partial charge on any atom is -0.478 e. The number of carbonyl (C=O) groups is 4. The Bertz CT molecular complexity index is 417. The molecule has 0 heterocycles. The summed E-state index contributed by atoms with van der Waals surface area (Å²) in [5.41, 5.74) is -1.11. The third-order valence-electron chi connectivity index (χ3n) is 2.04. The molecule has 0 aromatic heterocycles. The molecular formula is C17H28O12. The van der Waals surface area contributed by atoms with Gasteiger partial charge in [-0.2, -0.15) is 0 Å². The first-order valence-corrected chi connectivity index (χ1v) is 7.18. The average molecular weight is 424 g/mol. The Balaban J connectivity index is -0.0000000853. The highest BCUT2D eigenvalue weighted by molar-refractivity contribution is 5.79. The van der Waals surface area contributed by atoms with Gasteiger partial charge in [0.05, 0.1) is 31.8 Å². The maximum Gasteiger partial charge on any atom is 0.327 e. The van der Waals surface area contributed by atoms with Crippen molar-refractivity contribution in [1.82, 2.24) is 0 Å². The minimum atomic E-state index is -1.11. The summed E-state index contributed by atoms with van der Waals surface area (Å²) in [4.78, 5) is 37.0. The van der Waals surface area contributed by atoms with E-state index >= 15 is 0 Å². The number of hydrogen-bond donors (Lipinski definition) is 8. The zero-order valence-electron chi connectivity index (χ0n) is 15.7. The van der Waals surface area contributed by atoms with Gasteiger partial charge in [-0.25, -0.2) is 19.2 Å². The van der Waals surface area contributed by atoms with Gasteiger partial charge in [-0.3, -0.25) is 0 Å². The molecule has 0 atom stereocenters. The number of aliphatic carboxylic acids is 4. The predicted molar refractivity (Wildman–Crippen MR) is 102 cm³/mol. The van der Waals surface area contributed by atoms with E-state index in [0.717, 1.165) is 24.3 Å². The van der Waals surface area contributed by atoms with Crippen molar-refractivity contribution in [2.45, 2.75) is 0 Å². The largest absolute Gasteiger partial charge is 0.478 e. The summed E-state index contributed by atoms with van der Waals surface area (Å²) in [5.74, 6) is -3.93. The third-order valence-corrected chi connectivity index (χ3v) is 2.04. The second kappa shape index (κ2) is 26.9. The lowest BCUT2D eigenvalue weighted by Crippen LogP contribution is -2.37. The summed E-state index contributed by atoms with van der Waals surface area (Å²) >= 11 is 0. The monoisotopic (exact) mass is 424 g/mol. The van der Waals surface area contributed by atoms with Crippen LogP contribution in [0.4, 0.5) is 0 Å². The van der Waals surface area contributed by atoms with Crippen LogP contribution in [0.2, 0.25) is 0 Å². The molecule has 0 spiro atoms. The molecule has 0 aromatic rings. The van der Waals surface area contributed by atoms with Gasteiger partial charge in [0.25, 0.3) is 0 Å². The Kier molecular flexibility index (Phi) is 33.9. The minimum absolute atomic E-state index is 0.406. The molecular weight excluding hydrogens is 396 g/mol. The highest BCUT2D eigenvalue weighted by Gasteiger charge is 2.26. The summed E-state index contributed by atoms with van der Waals surface area (Å²) in [7, 11) is 0. The molecule has 29 heavy (non-hydrogen) atoms. The average Bonchev–Trinajstić information content (AvgIpc) is 2.71. The summed E-state index contributed by atoms with van der Waals surface area (Å²) in [6, 6.07) is 0. The van der Waals surface area contributed by atoms with Gasteiger partial charge in [0, 0.05) is 24.3 Å². The van der Waals surface area contributed by atoms with E-state index in [1.54, 1.807) is 0 Å². The van der Waals surface area contributed by atoms with Gasteiger partial charge in [0.1, 0.15) is 0 Å². The first kappa shape index (κ1) is 36.6. The van der Waals surface area contributed by atoms with Crippen LogP contribution in [0.1, 0.15) is 0 Å². The van der Waals surface area contributed by atoms with Crippen LogP contribution < -0.4 is 0 Å². The number of aliphatic hydroxyl groups excluding tert-OH is 4. The quantitative estimate of drug-likeness (QED) is 0.219. The molecule has 0 unspecified atom stereocenters. The molecule has 0 aliphatic carbocycles. The van der Waals surface area contributed by atoms with E-state index < -0.39 is 55.7 Å². The van der Waals surface area contributed by atoms with Gasteiger partial charge in [-0.15, -0.1) is 0 Å². The Hall–Kier alpha value is -3.32. The van der Waals surface area contributed by atoms with Crippen LogP contribution >= 0.6 is 0 Å². The SMILES string of the molecule is C=CC(=O)O.C=CC(=O)O.C=CC(=O)O.C=CC(=O)O.OCC(CO)(CO)CO. The zero-order valence-corrected chi connectivity index (χ0v) is 15.7. The molecule has 0 rings (SSSR count). The second-order valence-electron chi connectivity index (χ2n) is 4.30. The molecule has 0 saturated heterocycles. The fourth-order valence-electron chi connectivity index (χ4n) is 0.300. The van der Waals surface area contributed by atoms with Crippen LogP contribution in [-0.4, -0.2) is 91.2 Å². The molecule has 0 radical (unpaired) electrons. The standard InChI is InChI=1S/C5H12O4.4C3H4O2/c6-1-5(2-7,3-8)4-9;4*1-2-3(4)5/h6-9H,1-4H2;4*2H,1H2,(H,4,5). The molecule has 168 valence electrons. The number of hydrogen-bond acceptors (Lipinski definition) is 8. The van der Waals surface area contributed by atoms with Crippen LogP contribution in [0.15, 0.2) is 50.6 Å². The molecule has 0 aromatic carbocycles. The molecule has 0 aliphatic rings.